The Labute approximate surface area is 162 Å². The van der Waals surface area contributed by atoms with E-state index in [9.17, 15) is 0 Å². The summed E-state index contributed by atoms with van der Waals surface area (Å²) in [5, 5.41) is 0. The van der Waals surface area contributed by atoms with Crippen LogP contribution in [0.3, 0.4) is 0 Å². The maximum Gasteiger partial charge on any atom is -0.0134 e. The first-order chi connectivity index (χ1) is 11.5. The number of rotatable bonds is 0. The van der Waals surface area contributed by atoms with Crippen molar-refractivity contribution in [2.75, 3.05) is 0 Å². The van der Waals surface area contributed by atoms with Gasteiger partial charge in [-0.15, -0.1) is 0 Å². The summed E-state index contributed by atoms with van der Waals surface area (Å²) in [6.07, 6.45) is 2.92. The van der Waals surface area contributed by atoms with E-state index >= 15 is 0 Å². The van der Waals surface area contributed by atoms with E-state index in [2.05, 4.69) is 83.1 Å². The molecule has 0 heteroatoms. The van der Waals surface area contributed by atoms with Crippen LogP contribution in [0.2, 0.25) is 0 Å². The van der Waals surface area contributed by atoms with Crippen LogP contribution in [0.25, 0.3) is 0 Å². The second-order valence-electron chi connectivity index (χ2n) is 14.2. The highest BCUT2D eigenvalue weighted by atomic mass is 15.1. The predicted octanol–water partition coefficient (Wildman–Crippen LogP) is 7.18. The molecule has 0 aliphatic heterocycles. The molecular weight excluding hydrogens is 312 g/mol. The Balaban J connectivity index is 1.84. The minimum Gasteiger partial charge on any atom is -0.0614 e. The van der Waals surface area contributed by atoms with Gasteiger partial charge in [-0.25, -0.2) is 0 Å². The van der Waals surface area contributed by atoms with Crippen molar-refractivity contribution < 1.29 is 0 Å². The second-order valence-corrected chi connectivity index (χ2v) is 14.2. The molecule has 0 radical (unpaired) electrons. The van der Waals surface area contributed by atoms with Crippen molar-refractivity contribution >= 4 is 0 Å². The first-order valence-corrected chi connectivity index (χ1v) is 11.5. The van der Waals surface area contributed by atoms with E-state index in [0.717, 1.165) is 11.8 Å². The zero-order valence-corrected chi connectivity index (χ0v) is 19.6. The molecule has 0 aromatic carbocycles. The van der Waals surface area contributed by atoms with Crippen LogP contribution in [0, 0.1) is 66.0 Å². The van der Waals surface area contributed by atoms with Crippen molar-refractivity contribution in [3.63, 3.8) is 0 Å². The molecule has 146 valence electrons. The van der Waals surface area contributed by atoms with E-state index in [1.807, 2.05) is 0 Å². The first-order valence-electron chi connectivity index (χ1n) is 11.5. The van der Waals surface area contributed by atoms with Gasteiger partial charge >= 0.3 is 0 Å². The Hall–Kier alpha value is 0. The summed E-state index contributed by atoms with van der Waals surface area (Å²) in [5.41, 5.74) is 4.81. The van der Waals surface area contributed by atoms with E-state index in [1.54, 1.807) is 0 Å². The van der Waals surface area contributed by atoms with Crippen LogP contribution >= 0.6 is 0 Å². The first kappa shape index (κ1) is 16.9. The summed E-state index contributed by atoms with van der Waals surface area (Å²) in [4.78, 5) is 0. The van der Waals surface area contributed by atoms with Gasteiger partial charge in [-0.1, -0.05) is 83.1 Å². The van der Waals surface area contributed by atoms with Crippen molar-refractivity contribution in [2.24, 2.45) is 66.0 Å². The van der Waals surface area contributed by atoms with E-state index in [-0.39, 0.29) is 0 Å². The molecule has 0 aromatic rings. The molecule has 7 rings (SSSR count). The van der Waals surface area contributed by atoms with Crippen molar-refractivity contribution in [1.29, 1.82) is 0 Å². The number of hydrogen-bond acceptors (Lipinski definition) is 0. The minimum absolute atomic E-state index is 0.473. The minimum atomic E-state index is 0.473. The van der Waals surface area contributed by atoms with Gasteiger partial charge in [0.1, 0.15) is 0 Å². The van der Waals surface area contributed by atoms with Gasteiger partial charge in [-0.2, -0.15) is 0 Å². The summed E-state index contributed by atoms with van der Waals surface area (Å²) in [6, 6.07) is 0. The highest BCUT2D eigenvalue weighted by molar-refractivity contribution is 5.58. The zero-order chi connectivity index (χ0) is 19.6. The smallest absolute Gasteiger partial charge is 0.0134 e. The summed E-state index contributed by atoms with van der Waals surface area (Å²) in [6.45, 7) is 32.8. The molecule has 7 aliphatic carbocycles. The monoisotopic (exact) mass is 354 g/mol. The molecule has 0 amide bonds. The van der Waals surface area contributed by atoms with Gasteiger partial charge in [0.2, 0.25) is 0 Å². The average Bonchev–Trinajstić information content (AvgIpc) is 2.85. The van der Waals surface area contributed by atoms with Crippen molar-refractivity contribution in [3.05, 3.63) is 0 Å². The maximum absolute atomic E-state index is 2.76. The third-order valence-electron chi connectivity index (χ3n) is 17.0. The van der Waals surface area contributed by atoms with E-state index in [4.69, 9.17) is 0 Å². The van der Waals surface area contributed by atoms with Gasteiger partial charge < -0.3 is 0 Å². The fraction of sp³-hybridized carbons (Fsp3) is 1.00. The number of hydrogen-bond donors (Lipinski definition) is 0. The summed E-state index contributed by atoms with van der Waals surface area (Å²) < 4.78 is 0. The topological polar surface area (TPSA) is 0 Å². The lowest BCUT2D eigenvalue weighted by molar-refractivity contribution is -0.611. The largest absolute Gasteiger partial charge is 0.0614 e. The highest BCUT2D eigenvalue weighted by Gasteiger charge is 3.11. The summed E-state index contributed by atoms with van der Waals surface area (Å²) >= 11 is 0. The summed E-state index contributed by atoms with van der Waals surface area (Å²) in [5.74, 6) is 1.64. The normalized spacial score (nSPS) is 85.4. The molecule has 7 aliphatic rings. The molecule has 0 spiro atoms. The highest BCUT2D eigenvalue weighted by Crippen LogP contribution is 3.15. The Morgan fingerprint density at radius 2 is 0.731 bits per heavy atom. The van der Waals surface area contributed by atoms with Gasteiger partial charge in [0, 0.05) is 0 Å². The van der Waals surface area contributed by atoms with Crippen molar-refractivity contribution in [3.8, 4) is 0 Å². The summed E-state index contributed by atoms with van der Waals surface area (Å²) in [7, 11) is 0. The van der Waals surface area contributed by atoms with Gasteiger partial charge in [-0.3, -0.25) is 0 Å². The quantitative estimate of drug-likeness (QED) is 0.432. The molecule has 8 unspecified atom stereocenters. The Kier molecular flexibility index (Phi) is 2.03. The van der Waals surface area contributed by atoms with Crippen molar-refractivity contribution in [1.82, 2.24) is 0 Å². The van der Waals surface area contributed by atoms with Gasteiger partial charge in [0.15, 0.2) is 0 Å². The SMILES string of the molecule is CC1C2(C)CC3(C)C1(C)C1(C)C3(C)C3(C)C4(C)C(C)C2(C)CC4(C)C13C. The fourth-order valence-corrected chi connectivity index (χ4v) is 15.2. The molecule has 7 saturated carbocycles. The standard InChI is InChI=1S/C26H42/c1-15-17(3)13-19(5)21(15,7)25(11)23(19,9)26(12)22(8)16(2)18(17,4)14-20(22,6)24(25,26)10/h15-16H,13-14H2,1-12H3. The lowest BCUT2D eigenvalue weighted by Crippen LogP contribution is -3.04. The van der Waals surface area contributed by atoms with E-state index < -0.39 is 0 Å². The molecule has 0 heterocycles. The van der Waals surface area contributed by atoms with Crippen LogP contribution < -0.4 is 0 Å². The lowest BCUT2D eigenvalue weighted by atomic mass is 8.96. The molecular formula is C26H42. The fourth-order valence-electron chi connectivity index (χ4n) is 15.2. The third kappa shape index (κ3) is 0.697. The van der Waals surface area contributed by atoms with E-state index in [1.165, 1.54) is 12.8 Å². The molecule has 0 saturated heterocycles. The molecule has 7 fully saturated rings. The van der Waals surface area contributed by atoms with Crippen LogP contribution in [0.15, 0.2) is 0 Å². The van der Waals surface area contributed by atoms with Crippen LogP contribution in [0.5, 0.6) is 0 Å². The van der Waals surface area contributed by atoms with Crippen LogP contribution in [-0.2, 0) is 0 Å². The Morgan fingerprint density at radius 1 is 0.462 bits per heavy atom. The third-order valence-corrected chi connectivity index (χ3v) is 17.0. The molecule has 0 N–H and O–H groups in total. The lowest BCUT2D eigenvalue weighted by Gasteiger charge is -3.07. The Bertz CT molecular complexity index is 740. The van der Waals surface area contributed by atoms with Gasteiger partial charge in [0.05, 0.1) is 0 Å². The molecule has 6 bridgehead atoms. The molecule has 26 heavy (non-hydrogen) atoms. The van der Waals surface area contributed by atoms with Gasteiger partial charge in [-0.05, 0) is 78.8 Å². The molecule has 0 nitrogen and oxygen atoms in total. The second kappa shape index (κ2) is 3.11. The zero-order valence-electron chi connectivity index (χ0n) is 19.6. The van der Waals surface area contributed by atoms with E-state index in [0.29, 0.717) is 54.1 Å². The Morgan fingerprint density at radius 3 is 1.00 bits per heavy atom. The maximum atomic E-state index is 2.76. The molecule has 8 atom stereocenters. The average molecular weight is 355 g/mol. The van der Waals surface area contributed by atoms with Gasteiger partial charge in [0.25, 0.3) is 0 Å². The molecule has 0 aromatic heterocycles. The van der Waals surface area contributed by atoms with Crippen LogP contribution in [0.4, 0.5) is 0 Å². The predicted molar refractivity (Wildman–Crippen MR) is 109 cm³/mol. The van der Waals surface area contributed by atoms with Crippen LogP contribution in [0.1, 0.15) is 95.9 Å². The van der Waals surface area contributed by atoms with Crippen molar-refractivity contribution in [2.45, 2.75) is 95.9 Å². The van der Waals surface area contributed by atoms with Crippen LogP contribution in [-0.4, -0.2) is 0 Å².